The Morgan fingerprint density at radius 3 is 2.82 bits per heavy atom. The summed E-state index contributed by atoms with van der Waals surface area (Å²) in [6, 6.07) is 8.95. The Balaban J connectivity index is 2.20. The van der Waals surface area contributed by atoms with Crippen molar-refractivity contribution in [3.8, 4) is 11.3 Å². The first-order chi connectivity index (χ1) is 8.25. The van der Waals surface area contributed by atoms with E-state index in [1.807, 2.05) is 18.2 Å². The molecule has 0 unspecified atom stereocenters. The number of aryl methyl sites for hydroxylation is 1. The van der Waals surface area contributed by atoms with E-state index in [0.29, 0.717) is 10.8 Å². The van der Waals surface area contributed by atoms with Gasteiger partial charge in [-0.15, -0.1) is 0 Å². The van der Waals surface area contributed by atoms with Gasteiger partial charge in [0.05, 0.1) is 5.02 Å². The van der Waals surface area contributed by atoms with Crippen LogP contribution in [0.15, 0.2) is 39.5 Å². The van der Waals surface area contributed by atoms with Crippen LogP contribution in [0, 0.1) is 0 Å². The fourth-order valence-electron chi connectivity index (χ4n) is 2.25. The van der Waals surface area contributed by atoms with Gasteiger partial charge in [0.2, 0.25) is 0 Å². The van der Waals surface area contributed by atoms with Crippen molar-refractivity contribution in [1.29, 1.82) is 0 Å². The lowest BCUT2D eigenvalue weighted by Crippen LogP contribution is -2.07. The zero-order valence-corrected chi connectivity index (χ0v) is 9.96. The van der Waals surface area contributed by atoms with Gasteiger partial charge in [-0.05, 0) is 25.0 Å². The molecule has 0 spiro atoms. The van der Waals surface area contributed by atoms with Gasteiger partial charge in [-0.2, -0.15) is 0 Å². The smallest absolute Gasteiger partial charge is 0.188 e. The van der Waals surface area contributed by atoms with E-state index in [2.05, 4.69) is 0 Å². The summed E-state index contributed by atoms with van der Waals surface area (Å²) in [6.07, 6.45) is 2.68. The maximum atomic E-state index is 11.9. The van der Waals surface area contributed by atoms with Crippen molar-refractivity contribution in [3.05, 3.63) is 56.9 Å². The predicted molar refractivity (Wildman–Crippen MR) is 67.4 cm³/mol. The van der Waals surface area contributed by atoms with Crippen LogP contribution in [0.5, 0.6) is 0 Å². The van der Waals surface area contributed by atoms with E-state index in [9.17, 15) is 4.79 Å². The highest BCUT2D eigenvalue weighted by molar-refractivity contribution is 6.33. The SMILES string of the molecule is O=c1cc(-c2ccccc2Cl)oc2c1CCC2. The van der Waals surface area contributed by atoms with Gasteiger partial charge in [-0.25, -0.2) is 0 Å². The molecule has 1 aliphatic rings. The molecule has 3 rings (SSSR count). The zero-order chi connectivity index (χ0) is 11.8. The summed E-state index contributed by atoms with van der Waals surface area (Å²) in [5, 5.41) is 0.605. The van der Waals surface area contributed by atoms with Crippen LogP contribution in [0.4, 0.5) is 0 Å². The molecule has 0 atom stereocenters. The van der Waals surface area contributed by atoms with Crippen LogP contribution >= 0.6 is 11.6 Å². The Bertz CT molecular complexity index is 628. The van der Waals surface area contributed by atoms with Crippen LogP contribution in [-0.4, -0.2) is 0 Å². The molecule has 17 heavy (non-hydrogen) atoms. The third kappa shape index (κ3) is 1.79. The second-order valence-electron chi connectivity index (χ2n) is 4.21. The molecule has 86 valence electrons. The number of hydrogen-bond donors (Lipinski definition) is 0. The van der Waals surface area contributed by atoms with Crippen LogP contribution in [0.2, 0.25) is 5.02 Å². The van der Waals surface area contributed by atoms with Gasteiger partial charge in [0.1, 0.15) is 11.5 Å². The van der Waals surface area contributed by atoms with E-state index in [1.165, 1.54) is 0 Å². The van der Waals surface area contributed by atoms with E-state index >= 15 is 0 Å². The minimum Gasteiger partial charge on any atom is -0.460 e. The average Bonchev–Trinajstić information content (AvgIpc) is 2.78. The van der Waals surface area contributed by atoms with Crippen molar-refractivity contribution >= 4 is 11.6 Å². The highest BCUT2D eigenvalue weighted by Crippen LogP contribution is 2.29. The third-order valence-electron chi connectivity index (χ3n) is 3.10. The number of fused-ring (bicyclic) bond motifs is 1. The lowest BCUT2D eigenvalue weighted by Gasteiger charge is -2.05. The van der Waals surface area contributed by atoms with Crippen molar-refractivity contribution in [2.75, 3.05) is 0 Å². The molecule has 0 saturated carbocycles. The van der Waals surface area contributed by atoms with Crippen LogP contribution < -0.4 is 5.43 Å². The summed E-state index contributed by atoms with van der Waals surface area (Å²) in [4.78, 5) is 11.9. The first-order valence-corrected chi connectivity index (χ1v) is 6.04. The molecule has 3 heteroatoms. The van der Waals surface area contributed by atoms with E-state index in [1.54, 1.807) is 12.1 Å². The topological polar surface area (TPSA) is 30.2 Å². The lowest BCUT2D eigenvalue weighted by molar-refractivity contribution is 0.513. The Kier molecular flexibility index (Phi) is 2.52. The van der Waals surface area contributed by atoms with Gasteiger partial charge in [-0.1, -0.05) is 23.7 Å². The summed E-state index contributed by atoms with van der Waals surface area (Å²) in [7, 11) is 0. The van der Waals surface area contributed by atoms with Gasteiger partial charge in [-0.3, -0.25) is 4.79 Å². The summed E-state index contributed by atoms with van der Waals surface area (Å²) in [6.45, 7) is 0. The molecular weight excluding hydrogens is 236 g/mol. The maximum Gasteiger partial charge on any atom is 0.188 e. The molecule has 2 aromatic rings. The molecule has 0 bridgehead atoms. The second-order valence-corrected chi connectivity index (χ2v) is 4.62. The molecule has 2 nitrogen and oxygen atoms in total. The molecular formula is C14H11ClO2. The first-order valence-electron chi connectivity index (χ1n) is 5.66. The van der Waals surface area contributed by atoms with Crippen LogP contribution in [-0.2, 0) is 12.8 Å². The minimum atomic E-state index is 0.0682. The Hall–Kier alpha value is -1.54. The van der Waals surface area contributed by atoms with Crippen molar-refractivity contribution in [2.45, 2.75) is 19.3 Å². The summed E-state index contributed by atoms with van der Waals surface area (Å²) >= 11 is 6.10. The van der Waals surface area contributed by atoms with Gasteiger partial charge in [0.25, 0.3) is 0 Å². The highest BCUT2D eigenvalue weighted by Gasteiger charge is 2.18. The normalized spacial score (nSPS) is 13.7. The molecule has 1 aliphatic carbocycles. The van der Waals surface area contributed by atoms with E-state index in [4.69, 9.17) is 16.0 Å². The fraction of sp³-hybridized carbons (Fsp3) is 0.214. The van der Waals surface area contributed by atoms with Crippen LogP contribution in [0.25, 0.3) is 11.3 Å². The summed E-state index contributed by atoms with van der Waals surface area (Å²) in [5.41, 5.74) is 1.68. The predicted octanol–water partition coefficient (Wildman–Crippen LogP) is 3.45. The lowest BCUT2D eigenvalue weighted by atomic mass is 10.1. The number of rotatable bonds is 1. The van der Waals surface area contributed by atoms with E-state index in [-0.39, 0.29) is 5.43 Å². The quantitative estimate of drug-likeness (QED) is 0.772. The maximum absolute atomic E-state index is 11.9. The van der Waals surface area contributed by atoms with Crippen LogP contribution in [0.1, 0.15) is 17.7 Å². The fourth-order valence-corrected chi connectivity index (χ4v) is 2.48. The number of hydrogen-bond acceptors (Lipinski definition) is 2. The Labute approximate surface area is 104 Å². The molecule has 0 fully saturated rings. The van der Waals surface area contributed by atoms with Crippen molar-refractivity contribution in [3.63, 3.8) is 0 Å². The summed E-state index contributed by atoms with van der Waals surface area (Å²) in [5.74, 6) is 1.40. The van der Waals surface area contributed by atoms with Gasteiger partial charge in [0, 0.05) is 23.6 Å². The van der Waals surface area contributed by atoms with Crippen LogP contribution in [0.3, 0.4) is 0 Å². The standard InChI is InChI=1S/C14H11ClO2/c15-11-6-2-1-4-9(11)14-8-12(16)10-5-3-7-13(10)17-14/h1-2,4,6,8H,3,5,7H2. The van der Waals surface area contributed by atoms with E-state index < -0.39 is 0 Å². The molecule has 0 aliphatic heterocycles. The minimum absolute atomic E-state index is 0.0682. The molecule has 0 radical (unpaired) electrons. The number of halogens is 1. The third-order valence-corrected chi connectivity index (χ3v) is 3.43. The number of benzene rings is 1. The van der Waals surface area contributed by atoms with Gasteiger partial charge < -0.3 is 4.42 Å². The molecule has 0 saturated heterocycles. The van der Waals surface area contributed by atoms with Crippen molar-refractivity contribution < 1.29 is 4.42 Å². The van der Waals surface area contributed by atoms with Crippen molar-refractivity contribution in [2.24, 2.45) is 0 Å². The molecule has 1 heterocycles. The van der Waals surface area contributed by atoms with Gasteiger partial charge >= 0.3 is 0 Å². The highest BCUT2D eigenvalue weighted by atomic mass is 35.5. The van der Waals surface area contributed by atoms with E-state index in [0.717, 1.165) is 36.1 Å². The zero-order valence-electron chi connectivity index (χ0n) is 9.20. The Morgan fingerprint density at radius 1 is 1.18 bits per heavy atom. The Morgan fingerprint density at radius 2 is 2.00 bits per heavy atom. The largest absolute Gasteiger partial charge is 0.460 e. The molecule has 0 N–H and O–H groups in total. The second kappa shape index (κ2) is 4.04. The van der Waals surface area contributed by atoms with Gasteiger partial charge in [0.15, 0.2) is 5.43 Å². The molecule has 1 aromatic carbocycles. The van der Waals surface area contributed by atoms with Crippen molar-refractivity contribution in [1.82, 2.24) is 0 Å². The first kappa shape index (κ1) is 10.6. The molecule has 1 aromatic heterocycles. The molecule has 0 amide bonds. The summed E-state index contributed by atoms with van der Waals surface area (Å²) < 4.78 is 5.78. The monoisotopic (exact) mass is 246 g/mol. The average molecular weight is 247 g/mol.